The van der Waals surface area contributed by atoms with Crippen LogP contribution in [0.25, 0.3) is 0 Å². The van der Waals surface area contributed by atoms with Gasteiger partial charge in [0.2, 0.25) is 5.91 Å². The van der Waals surface area contributed by atoms with E-state index in [2.05, 4.69) is 10.3 Å². The van der Waals surface area contributed by atoms with Gasteiger partial charge in [-0.05, 0) is 37.1 Å². The highest BCUT2D eigenvalue weighted by atomic mass is 19.3. The SMILES string of the molecule is O=C(N[C@H]1CC(F)(F)C[C@]2(CCN(c3cc(F)cc(F)c3)C2=O)C1)c1ccccn1. The van der Waals surface area contributed by atoms with Crippen LogP contribution in [0.2, 0.25) is 0 Å². The third kappa shape index (κ3) is 3.88. The van der Waals surface area contributed by atoms with E-state index in [9.17, 15) is 27.2 Å². The fourth-order valence-corrected chi connectivity index (χ4v) is 4.52. The molecule has 2 heterocycles. The molecule has 0 unspecified atom stereocenters. The Balaban J connectivity index is 1.57. The lowest BCUT2D eigenvalue weighted by Gasteiger charge is -2.41. The summed E-state index contributed by atoms with van der Waals surface area (Å²) >= 11 is 0. The summed E-state index contributed by atoms with van der Waals surface area (Å²) in [5.74, 6) is -6.08. The average molecular weight is 421 g/mol. The number of benzene rings is 1. The van der Waals surface area contributed by atoms with Crippen LogP contribution < -0.4 is 10.2 Å². The highest BCUT2D eigenvalue weighted by Gasteiger charge is 2.57. The van der Waals surface area contributed by atoms with Gasteiger partial charge in [-0.25, -0.2) is 17.6 Å². The smallest absolute Gasteiger partial charge is 0.270 e. The molecule has 1 aromatic carbocycles. The second-order valence-corrected chi connectivity index (χ2v) is 7.94. The lowest BCUT2D eigenvalue weighted by Crippen LogP contribution is -2.52. The van der Waals surface area contributed by atoms with Crippen molar-refractivity contribution < 1.29 is 27.2 Å². The van der Waals surface area contributed by atoms with E-state index in [1.807, 2.05) is 0 Å². The molecule has 1 N–H and O–H groups in total. The maximum Gasteiger partial charge on any atom is 0.270 e. The van der Waals surface area contributed by atoms with E-state index in [1.54, 1.807) is 12.1 Å². The van der Waals surface area contributed by atoms with Crippen LogP contribution >= 0.6 is 0 Å². The molecule has 1 saturated carbocycles. The van der Waals surface area contributed by atoms with Crippen molar-refractivity contribution in [2.75, 3.05) is 11.4 Å². The van der Waals surface area contributed by atoms with Crippen molar-refractivity contribution in [1.82, 2.24) is 10.3 Å². The van der Waals surface area contributed by atoms with Gasteiger partial charge in [-0.3, -0.25) is 14.6 Å². The largest absolute Gasteiger partial charge is 0.348 e. The van der Waals surface area contributed by atoms with Crippen molar-refractivity contribution in [2.24, 2.45) is 5.41 Å². The van der Waals surface area contributed by atoms with E-state index in [-0.39, 0.29) is 30.8 Å². The maximum absolute atomic E-state index is 14.6. The summed E-state index contributed by atoms with van der Waals surface area (Å²) in [6, 6.07) is 6.45. The molecule has 158 valence electrons. The molecule has 2 fully saturated rings. The number of rotatable bonds is 3. The van der Waals surface area contributed by atoms with Crippen molar-refractivity contribution in [2.45, 2.75) is 37.6 Å². The van der Waals surface area contributed by atoms with Crippen molar-refractivity contribution in [3.05, 3.63) is 59.9 Å². The number of hydrogen-bond donors (Lipinski definition) is 1. The van der Waals surface area contributed by atoms with E-state index >= 15 is 0 Å². The zero-order valence-electron chi connectivity index (χ0n) is 15.9. The van der Waals surface area contributed by atoms with Crippen LogP contribution in [0.1, 0.15) is 36.2 Å². The van der Waals surface area contributed by atoms with Crippen molar-refractivity contribution >= 4 is 17.5 Å². The fourth-order valence-electron chi connectivity index (χ4n) is 4.52. The molecular formula is C21H19F4N3O2. The summed E-state index contributed by atoms with van der Waals surface area (Å²) in [5, 5.41) is 2.56. The predicted octanol–water partition coefficient (Wildman–Crippen LogP) is 3.70. The van der Waals surface area contributed by atoms with Crippen LogP contribution in [-0.4, -0.2) is 35.3 Å². The van der Waals surface area contributed by atoms with Gasteiger partial charge in [0, 0.05) is 43.4 Å². The Hall–Kier alpha value is -2.97. The van der Waals surface area contributed by atoms with E-state index in [0.717, 1.165) is 17.0 Å². The Morgan fingerprint density at radius 3 is 2.53 bits per heavy atom. The Morgan fingerprint density at radius 1 is 1.13 bits per heavy atom. The normalized spacial score (nSPS) is 25.5. The molecule has 1 aromatic heterocycles. The van der Waals surface area contributed by atoms with Gasteiger partial charge in [-0.1, -0.05) is 6.07 Å². The summed E-state index contributed by atoms with van der Waals surface area (Å²) < 4.78 is 56.3. The van der Waals surface area contributed by atoms with Gasteiger partial charge in [-0.2, -0.15) is 0 Å². The zero-order valence-corrected chi connectivity index (χ0v) is 15.9. The van der Waals surface area contributed by atoms with Gasteiger partial charge in [-0.15, -0.1) is 0 Å². The molecule has 2 aromatic rings. The Morgan fingerprint density at radius 2 is 1.87 bits per heavy atom. The first-order chi connectivity index (χ1) is 14.2. The van der Waals surface area contributed by atoms with E-state index in [0.29, 0.717) is 6.07 Å². The number of amides is 2. The molecule has 1 spiro atoms. The first-order valence-electron chi connectivity index (χ1n) is 9.55. The molecule has 1 aliphatic carbocycles. The van der Waals surface area contributed by atoms with Crippen LogP contribution in [0.5, 0.6) is 0 Å². The Kier molecular flexibility index (Phi) is 4.99. The number of nitrogens with zero attached hydrogens (tertiary/aromatic N) is 2. The molecule has 30 heavy (non-hydrogen) atoms. The molecule has 2 amide bonds. The number of pyridine rings is 1. The second-order valence-electron chi connectivity index (χ2n) is 7.94. The summed E-state index contributed by atoms with van der Waals surface area (Å²) in [5.41, 5.74) is -1.32. The number of alkyl halides is 2. The fraction of sp³-hybridized carbons (Fsp3) is 0.381. The topological polar surface area (TPSA) is 62.3 Å². The van der Waals surface area contributed by atoms with Crippen LogP contribution in [-0.2, 0) is 4.79 Å². The number of carbonyl (C=O) groups excluding carboxylic acids is 2. The maximum atomic E-state index is 14.6. The summed E-state index contributed by atoms with van der Waals surface area (Å²) in [6.07, 6.45) is 0.296. The van der Waals surface area contributed by atoms with Gasteiger partial charge in [0.25, 0.3) is 11.8 Å². The number of carbonyl (C=O) groups is 2. The van der Waals surface area contributed by atoms with Gasteiger partial charge in [0.05, 0.1) is 5.41 Å². The number of anilines is 1. The average Bonchev–Trinajstić information content (AvgIpc) is 2.95. The monoisotopic (exact) mass is 421 g/mol. The van der Waals surface area contributed by atoms with Crippen LogP contribution in [0.4, 0.5) is 23.2 Å². The van der Waals surface area contributed by atoms with Crippen molar-refractivity contribution in [1.29, 1.82) is 0 Å². The first kappa shape index (κ1) is 20.3. The molecule has 9 heteroatoms. The number of nitrogens with one attached hydrogen (secondary N) is 1. The molecular weight excluding hydrogens is 402 g/mol. The van der Waals surface area contributed by atoms with Gasteiger partial charge >= 0.3 is 0 Å². The van der Waals surface area contributed by atoms with E-state index in [1.165, 1.54) is 12.3 Å². The Labute approximate surface area is 170 Å². The molecule has 1 aliphatic heterocycles. The molecule has 1 saturated heterocycles. The molecule has 0 bridgehead atoms. The van der Waals surface area contributed by atoms with Crippen LogP contribution in [0.3, 0.4) is 0 Å². The standard InChI is InChI=1S/C21H19F4N3O2/c22-13-7-14(23)9-16(8-13)28-6-4-20(19(28)30)10-15(11-21(24,25)12-20)27-18(29)17-3-1-2-5-26-17/h1-3,5,7-9,15H,4,6,10-12H2,(H,27,29)/t15-,20+/m1/s1. The predicted molar refractivity (Wildman–Crippen MR) is 100 cm³/mol. The highest BCUT2D eigenvalue weighted by Crippen LogP contribution is 2.51. The van der Waals surface area contributed by atoms with E-state index in [4.69, 9.17) is 0 Å². The van der Waals surface area contributed by atoms with Gasteiger partial charge in [0.15, 0.2) is 0 Å². The Bertz CT molecular complexity index is 965. The van der Waals surface area contributed by atoms with Crippen molar-refractivity contribution in [3.8, 4) is 0 Å². The zero-order chi connectivity index (χ0) is 21.5. The molecule has 2 atom stereocenters. The first-order valence-corrected chi connectivity index (χ1v) is 9.55. The quantitative estimate of drug-likeness (QED) is 0.769. The summed E-state index contributed by atoms with van der Waals surface area (Å²) in [4.78, 5) is 30.5. The van der Waals surface area contributed by atoms with Crippen LogP contribution in [0.15, 0.2) is 42.6 Å². The van der Waals surface area contributed by atoms with E-state index < -0.39 is 53.7 Å². The highest BCUT2D eigenvalue weighted by molar-refractivity contribution is 6.00. The lowest BCUT2D eigenvalue weighted by molar-refractivity contribution is -0.140. The minimum Gasteiger partial charge on any atom is -0.348 e. The minimum absolute atomic E-state index is 0.00247. The molecule has 4 rings (SSSR count). The lowest BCUT2D eigenvalue weighted by atomic mass is 9.69. The summed E-state index contributed by atoms with van der Waals surface area (Å²) in [6.45, 7) is 0.0682. The second kappa shape index (κ2) is 7.37. The number of hydrogen-bond acceptors (Lipinski definition) is 3. The van der Waals surface area contributed by atoms with Crippen molar-refractivity contribution in [3.63, 3.8) is 0 Å². The molecule has 0 radical (unpaired) electrons. The minimum atomic E-state index is -3.17. The van der Waals surface area contributed by atoms with Gasteiger partial charge in [0.1, 0.15) is 17.3 Å². The number of aromatic nitrogens is 1. The third-order valence-corrected chi connectivity index (χ3v) is 5.68. The molecule has 5 nitrogen and oxygen atoms in total. The van der Waals surface area contributed by atoms with Crippen LogP contribution in [0, 0.1) is 17.0 Å². The molecule has 2 aliphatic rings. The summed E-state index contributed by atoms with van der Waals surface area (Å²) in [7, 11) is 0. The van der Waals surface area contributed by atoms with Gasteiger partial charge < -0.3 is 10.2 Å². The number of halogens is 4. The third-order valence-electron chi connectivity index (χ3n) is 5.68.